The first kappa shape index (κ1) is 26.5. The van der Waals surface area contributed by atoms with E-state index in [2.05, 4.69) is 34.7 Å². The van der Waals surface area contributed by atoms with E-state index in [1.807, 2.05) is 18.2 Å². The number of rotatable bonds is 8. The van der Waals surface area contributed by atoms with Crippen LogP contribution in [0.1, 0.15) is 20.3 Å². The second-order valence-electron chi connectivity index (χ2n) is 8.01. The van der Waals surface area contributed by atoms with Crippen molar-refractivity contribution in [2.75, 3.05) is 42.5 Å². The van der Waals surface area contributed by atoms with Crippen molar-refractivity contribution in [2.24, 2.45) is 5.92 Å². The third-order valence-electron chi connectivity index (χ3n) is 5.98. The number of halogens is 3. The van der Waals surface area contributed by atoms with Crippen LogP contribution in [0.15, 0.2) is 46.9 Å². The lowest BCUT2D eigenvalue weighted by molar-refractivity contribution is -0.124. The van der Waals surface area contributed by atoms with Crippen molar-refractivity contribution in [3.63, 3.8) is 0 Å². The van der Waals surface area contributed by atoms with Crippen molar-refractivity contribution in [1.29, 1.82) is 0 Å². The minimum atomic E-state index is -0.474. The molecule has 182 valence electrons. The van der Waals surface area contributed by atoms with E-state index in [0.717, 1.165) is 34.3 Å². The highest BCUT2D eigenvalue weighted by Crippen LogP contribution is 2.33. The lowest BCUT2D eigenvalue weighted by Crippen LogP contribution is -2.42. The summed E-state index contributed by atoms with van der Waals surface area (Å²) in [6.07, 6.45) is 0.133. The molecule has 1 unspecified atom stereocenters. The Hall–Kier alpha value is -2.07. The van der Waals surface area contributed by atoms with E-state index in [1.54, 1.807) is 21.9 Å². The lowest BCUT2D eigenvalue weighted by atomic mass is 10.1. The van der Waals surface area contributed by atoms with E-state index in [1.165, 1.54) is 23.5 Å². The van der Waals surface area contributed by atoms with Crippen LogP contribution >= 0.6 is 39.7 Å². The molecule has 0 bridgehead atoms. The molecule has 2 aromatic carbocycles. The summed E-state index contributed by atoms with van der Waals surface area (Å²) >= 11 is 4.97. The van der Waals surface area contributed by atoms with Crippen LogP contribution < -0.4 is 9.80 Å². The van der Waals surface area contributed by atoms with Gasteiger partial charge >= 0.3 is 0 Å². The maximum Gasteiger partial charge on any atom is 0.234 e. The molecule has 1 aliphatic rings. The number of amides is 2. The van der Waals surface area contributed by atoms with Crippen LogP contribution in [0.2, 0.25) is 0 Å². The third kappa shape index (κ3) is 5.76. The van der Waals surface area contributed by atoms with E-state index < -0.39 is 5.92 Å². The van der Waals surface area contributed by atoms with Gasteiger partial charge in [0, 0.05) is 36.2 Å². The predicted octanol–water partition coefficient (Wildman–Crippen LogP) is 5.35. The van der Waals surface area contributed by atoms with Crippen molar-refractivity contribution in [2.45, 2.75) is 20.3 Å². The largest absolute Gasteiger partial charge is 0.312 e. The molecule has 1 saturated heterocycles. The van der Waals surface area contributed by atoms with Crippen molar-refractivity contribution < 1.29 is 14.0 Å². The molecular formula is C24H27BrClFN4O2S. The summed E-state index contributed by atoms with van der Waals surface area (Å²) in [5, 5.41) is 0.646. The SMILES string of the molecule is CCN(CC)CCN(C(=O)C1CC(=O)N(c2ccc(F)cc2)C1)c1nc2ccc(Br)cc2s1.Cl. The van der Waals surface area contributed by atoms with Crippen LogP contribution in [0.25, 0.3) is 10.2 Å². The monoisotopic (exact) mass is 568 g/mol. The zero-order valence-corrected chi connectivity index (χ0v) is 22.3. The maximum atomic E-state index is 13.7. The molecule has 1 aliphatic heterocycles. The summed E-state index contributed by atoms with van der Waals surface area (Å²) in [7, 11) is 0. The molecule has 0 N–H and O–H groups in total. The van der Waals surface area contributed by atoms with E-state index in [4.69, 9.17) is 4.98 Å². The zero-order valence-electron chi connectivity index (χ0n) is 19.0. The van der Waals surface area contributed by atoms with Crippen molar-refractivity contribution >= 4 is 72.5 Å². The number of fused-ring (bicyclic) bond motifs is 1. The first-order valence-electron chi connectivity index (χ1n) is 11.0. The molecular weight excluding hydrogens is 543 g/mol. The fourth-order valence-electron chi connectivity index (χ4n) is 4.05. The van der Waals surface area contributed by atoms with Crippen LogP contribution in [0.5, 0.6) is 0 Å². The number of thiazole rings is 1. The van der Waals surface area contributed by atoms with Crippen molar-refractivity contribution in [3.05, 3.63) is 52.8 Å². The van der Waals surface area contributed by atoms with Crippen LogP contribution in [-0.4, -0.2) is 54.4 Å². The lowest BCUT2D eigenvalue weighted by Gasteiger charge is -2.26. The van der Waals surface area contributed by atoms with Gasteiger partial charge in [-0.3, -0.25) is 14.5 Å². The number of likely N-dealkylation sites (N-methyl/N-ethyl adjacent to an activating group) is 1. The highest BCUT2D eigenvalue weighted by molar-refractivity contribution is 9.10. The van der Waals surface area contributed by atoms with Gasteiger partial charge in [-0.2, -0.15) is 0 Å². The normalized spacial score (nSPS) is 15.7. The van der Waals surface area contributed by atoms with Gasteiger partial charge in [-0.05, 0) is 55.6 Å². The highest BCUT2D eigenvalue weighted by atomic mass is 79.9. The quantitative estimate of drug-likeness (QED) is 0.367. The fourth-order valence-corrected chi connectivity index (χ4v) is 5.60. The third-order valence-corrected chi connectivity index (χ3v) is 7.52. The Bertz CT molecular complexity index is 1160. The number of benzene rings is 2. The molecule has 1 fully saturated rings. The summed E-state index contributed by atoms with van der Waals surface area (Å²) in [6.45, 7) is 7.49. The van der Waals surface area contributed by atoms with Crippen LogP contribution in [0.4, 0.5) is 15.2 Å². The second kappa shape index (κ2) is 11.6. The molecule has 6 nitrogen and oxygen atoms in total. The predicted molar refractivity (Wildman–Crippen MR) is 142 cm³/mol. The summed E-state index contributed by atoms with van der Waals surface area (Å²) in [4.78, 5) is 36.7. The van der Waals surface area contributed by atoms with Gasteiger partial charge in [0.2, 0.25) is 11.8 Å². The Balaban J connectivity index is 0.00000324. The molecule has 0 aliphatic carbocycles. The Kier molecular flexibility index (Phi) is 9.03. The smallest absolute Gasteiger partial charge is 0.234 e. The number of aromatic nitrogens is 1. The van der Waals surface area contributed by atoms with Gasteiger partial charge in [-0.15, -0.1) is 12.4 Å². The molecule has 34 heavy (non-hydrogen) atoms. The number of hydrogen-bond donors (Lipinski definition) is 0. The minimum Gasteiger partial charge on any atom is -0.312 e. The van der Waals surface area contributed by atoms with Gasteiger partial charge in [0.1, 0.15) is 5.82 Å². The number of carbonyl (C=O) groups excluding carboxylic acids is 2. The van der Waals surface area contributed by atoms with Crippen molar-refractivity contribution in [1.82, 2.24) is 9.88 Å². The minimum absolute atomic E-state index is 0. The Morgan fingerprint density at radius 1 is 1.18 bits per heavy atom. The first-order valence-corrected chi connectivity index (χ1v) is 12.7. The summed E-state index contributed by atoms with van der Waals surface area (Å²) in [6, 6.07) is 11.7. The van der Waals surface area contributed by atoms with E-state index >= 15 is 0 Å². The van der Waals surface area contributed by atoms with Crippen LogP contribution in [0.3, 0.4) is 0 Å². The molecule has 1 atom stereocenters. The van der Waals surface area contributed by atoms with E-state index in [-0.39, 0.29) is 43.0 Å². The number of hydrogen-bond acceptors (Lipinski definition) is 5. The zero-order chi connectivity index (χ0) is 23.5. The second-order valence-corrected chi connectivity index (χ2v) is 9.93. The summed E-state index contributed by atoms with van der Waals surface area (Å²) in [5.41, 5.74) is 1.45. The van der Waals surface area contributed by atoms with Gasteiger partial charge < -0.3 is 9.80 Å². The standard InChI is InChI=1S/C24H26BrFN4O2S.ClH/c1-3-28(4-2)11-12-29(24-27-20-10-5-17(25)14-21(20)33-24)23(32)16-13-22(31)30(15-16)19-8-6-18(26)7-9-19;/h5-10,14,16H,3-4,11-13,15H2,1-2H3;1H. The molecule has 10 heteroatoms. The molecule has 2 heterocycles. The average molecular weight is 570 g/mol. The van der Waals surface area contributed by atoms with Gasteiger partial charge in [0.15, 0.2) is 5.13 Å². The Morgan fingerprint density at radius 2 is 1.88 bits per heavy atom. The van der Waals surface area contributed by atoms with E-state index in [0.29, 0.717) is 17.4 Å². The van der Waals surface area contributed by atoms with Gasteiger partial charge in [-0.25, -0.2) is 9.37 Å². The molecule has 0 spiro atoms. The van der Waals surface area contributed by atoms with E-state index in [9.17, 15) is 14.0 Å². The summed E-state index contributed by atoms with van der Waals surface area (Å²) in [5.74, 6) is -1.06. The fraction of sp³-hybridized carbons (Fsp3) is 0.375. The molecule has 0 radical (unpaired) electrons. The molecule has 3 aromatic rings. The number of carbonyl (C=O) groups is 2. The maximum absolute atomic E-state index is 13.7. The Morgan fingerprint density at radius 3 is 2.56 bits per heavy atom. The molecule has 4 rings (SSSR count). The number of nitrogens with zero attached hydrogens (tertiary/aromatic N) is 4. The summed E-state index contributed by atoms with van der Waals surface area (Å²) < 4.78 is 15.3. The van der Waals surface area contributed by atoms with Crippen molar-refractivity contribution in [3.8, 4) is 0 Å². The Labute approximate surface area is 217 Å². The first-order chi connectivity index (χ1) is 15.9. The molecule has 2 amide bonds. The molecule has 0 saturated carbocycles. The highest BCUT2D eigenvalue weighted by Gasteiger charge is 2.38. The van der Waals surface area contributed by atoms with Gasteiger partial charge in [-0.1, -0.05) is 41.1 Å². The average Bonchev–Trinajstić information content (AvgIpc) is 3.40. The molecule has 1 aromatic heterocycles. The van der Waals surface area contributed by atoms with Crippen LogP contribution in [0, 0.1) is 11.7 Å². The van der Waals surface area contributed by atoms with Crippen LogP contribution in [-0.2, 0) is 9.59 Å². The van der Waals surface area contributed by atoms with Gasteiger partial charge in [0.25, 0.3) is 0 Å². The number of anilines is 2. The van der Waals surface area contributed by atoms with Gasteiger partial charge in [0.05, 0.1) is 16.1 Å². The topological polar surface area (TPSA) is 56.8 Å².